The van der Waals surface area contributed by atoms with Crippen molar-refractivity contribution < 1.29 is 18.8 Å². The lowest BCUT2D eigenvalue weighted by Crippen LogP contribution is -2.66. The first-order chi connectivity index (χ1) is 22.0. The van der Waals surface area contributed by atoms with Gasteiger partial charge < -0.3 is 20.9 Å². The van der Waals surface area contributed by atoms with Crippen LogP contribution in [0, 0.1) is 5.82 Å². The molecule has 0 saturated carbocycles. The highest BCUT2D eigenvalue weighted by Crippen LogP contribution is 2.33. The zero-order valence-electron chi connectivity index (χ0n) is 25.1. The lowest BCUT2D eigenvalue weighted by atomic mass is 10.00. The van der Waals surface area contributed by atoms with Crippen LogP contribution in [0.4, 0.5) is 14.3 Å². The molecule has 0 radical (unpaired) electrons. The van der Waals surface area contributed by atoms with E-state index in [2.05, 4.69) is 10.3 Å². The summed E-state index contributed by atoms with van der Waals surface area (Å²) in [4.78, 5) is 49.4. The van der Waals surface area contributed by atoms with E-state index in [-0.39, 0.29) is 50.5 Å². The van der Waals surface area contributed by atoms with Crippen LogP contribution in [0.3, 0.4) is 0 Å². The third-order valence-electron chi connectivity index (χ3n) is 8.19. The average Bonchev–Trinajstić information content (AvgIpc) is 3.55. The van der Waals surface area contributed by atoms with Gasteiger partial charge in [-0.2, -0.15) is 5.01 Å². The zero-order valence-corrected chi connectivity index (χ0v) is 27.4. The first kappa shape index (κ1) is 32.0. The maximum Gasteiger partial charge on any atom is 0.332 e. The molecule has 2 atom stereocenters. The van der Waals surface area contributed by atoms with E-state index in [1.807, 2.05) is 32.0 Å². The number of nitrogens with two attached hydrogens (primary N) is 1. The normalized spacial score (nSPS) is 18.5. The number of halogens is 3. The topological polar surface area (TPSA) is 115 Å². The summed E-state index contributed by atoms with van der Waals surface area (Å²) in [6.45, 7) is 4.21. The third kappa shape index (κ3) is 6.35. The number of aromatic nitrogens is 1. The molecular formula is C32H32Cl2FN7O3S. The molecule has 4 aromatic rings. The number of amides is 4. The Morgan fingerprint density at radius 3 is 2.57 bits per heavy atom. The molecule has 2 aliphatic heterocycles. The molecule has 1 aromatic heterocycles. The largest absolute Gasteiger partial charge is 0.375 e. The van der Waals surface area contributed by atoms with Crippen LogP contribution in [0.2, 0.25) is 10.0 Å². The molecule has 3 N–H and O–H groups in total. The Kier molecular flexibility index (Phi) is 9.06. The van der Waals surface area contributed by atoms with E-state index in [1.165, 1.54) is 28.5 Å². The number of piperazine rings is 1. The second-order valence-electron chi connectivity index (χ2n) is 11.6. The number of hydrogen-bond acceptors (Lipinski definition) is 7. The molecule has 2 aliphatic rings. The van der Waals surface area contributed by atoms with Crippen molar-refractivity contribution in [3.05, 3.63) is 93.2 Å². The molecular weight excluding hydrogens is 652 g/mol. The third-order valence-corrected chi connectivity index (χ3v) is 9.78. The lowest BCUT2D eigenvalue weighted by Gasteiger charge is -2.47. The van der Waals surface area contributed by atoms with Crippen LogP contribution >= 0.6 is 34.5 Å². The van der Waals surface area contributed by atoms with Crippen LogP contribution < -0.4 is 11.1 Å². The summed E-state index contributed by atoms with van der Waals surface area (Å²) >= 11 is 13.6. The number of benzene rings is 3. The second-order valence-corrected chi connectivity index (χ2v) is 13.5. The Morgan fingerprint density at radius 1 is 1.11 bits per heavy atom. The Labute approximate surface area is 279 Å². The second kappa shape index (κ2) is 13.0. The SMILES string of the molecule is CC(C)N(C(=O)NCc1ccc(Cl)c(Cl)c1)N1CC(=O)N2[C@@H](Cc3ccc(F)cc3)C(=O)N(Cc3cccc4sc(N)nc34)C[C@@H]21. The van der Waals surface area contributed by atoms with Gasteiger partial charge in [-0.3, -0.25) is 14.6 Å². The van der Waals surface area contributed by atoms with Crippen molar-refractivity contribution in [3.8, 4) is 0 Å². The van der Waals surface area contributed by atoms with Crippen molar-refractivity contribution in [3.63, 3.8) is 0 Å². The van der Waals surface area contributed by atoms with Crippen LogP contribution in [-0.4, -0.2) is 74.0 Å². The highest BCUT2D eigenvalue weighted by molar-refractivity contribution is 7.22. The van der Waals surface area contributed by atoms with E-state index in [1.54, 1.807) is 45.1 Å². The molecule has 0 bridgehead atoms. The fourth-order valence-corrected chi connectivity index (χ4v) is 7.22. The van der Waals surface area contributed by atoms with Crippen LogP contribution in [-0.2, 0) is 29.1 Å². The molecule has 2 fully saturated rings. The van der Waals surface area contributed by atoms with E-state index >= 15 is 0 Å². The molecule has 0 unspecified atom stereocenters. The van der Waals surface area contributed by atoms with Gasteiger partial charge in [-0.15, -0.1) is 0 Å². The molecule has 240 valence electrons. The Hall–Kier alpha value is -3.97. The Morgan fingerprint density at radius 2 is 1.85 bits per heavy atom. The van der Waals surface area contributed by atoms with Crippen LogP contribution in [0.1, 0.15) is 30.5 Å². The first-order valence-corrected chi connectivity index (χ1v) is 16.3. The van der Waals surface area contributed by atoms with Gasteiger partial charge in [0.05, 0.1) is 33.4 Å². The molecule has 2 saturated heterocycles. The van der Waals surface area contributed by atoms with E-state index in [9.17, 15) is 18.8 Å². The molecule has 10 nitrogen and oxygen atoms in total. The molecule has 14 heteroatoms. The number of hydrazine groups is 1. The number of rotatable bonds is 8. The fourth-order valence-electron chi connectivity index (χ4n) is 6.12. The summed E-state index contributed by atoms with van der Waals surface area (Å²) < 4.78 is 14.6. The number of fused-ring (bicyclic) bond motifs is 2. The number of nitrogens with zero attached hydrogens (tertiary/aromatic N) is 5. The van der Waals surface area contributed by atoms with Crippen LogP contribution in [0.5, 0.6) is 0 Å². The number of anilines is 1. The summed E-state index contributed by atoms with van der Waals surface area (Å²) in [7, 11) is 0. The number of nitrogen functional groups attached to an aromatic ring is 1. The van der Waals surface area contributed by atoms with Gasteiger partial charge in [0.15, 0.2) is 5.13 Å². The molecule has 4 amide bonds. The van der Waals surface area contributed by atoms with E-state index in [4.69, 9.17) is 28.9 Å². The number of para-hydroxylation sites is 1. The minimum atomic E-state index is -0.866. The van der Waals surface area contributed by atoms with Gasteiger partial charge in [0.2, 0.25) is 11.8 Å². The van der Waals surface area contributed by atoms with Crippen molar-refractivity contribution in [2.24, 2.45) is 0 Å². The highest BCUT2D eigenvalue weighted by atomic mass is 35.5. The first-order valence-electron chi connectivity index (χ1n) is 14.8. The van der Waals surface area contributed by atoms with Gasteiger partial charge in [0.1, 0.15) is 18.0 Å². The quantitative estimate of drug-likeness (QED) is 0.261. The minimum Gasteiger partial charge on any atom is -0.375 e. The number of urea groups is 1. The monoisotopic (exact) mass is 683 g/mol. The lowest BCUT2D eigenvalue weighted by molar-refractivity contribution is -0.158. The van der Waals surface area contributed by atoms with E-state index in [0.717, 1.165) is 21.3 Å². The molecule has 3 heterocycles. The summed E-state index contributed by atoms with van der Waals surface area (Å²) in [5, 5.41) is 7.42. The summed E-state index contributed by atoms with van der Waals surface area (Å²) in [5.74, 6) is -0.907. The van der Waals surface area contributed by atoms with Crippen molar-refractivity contribution in [1.29, 1.82) is 0 Å². The van der Waals surface area contributed by atoms with Gasteiger partial charge in [0.25, 0.3) is 0 Å². The van der Waals surface area contributed by atoms with Crippen LogP contribution in [0.25, 0.3) is 10.2 Å². The van der Waals surface area contributed by atoms with E-state index in [0.29, 0.717) is 20.7 Å². The van der Waals surface area contributed by atoms with Gasteiger partial charge in [-0.25, -0.2) is 14.2 Å². The van der Waals surface area contributed by atoms with Gasteiger partial charge in [-0.1, -0.05) is 64.9 Å². The molecule has 3 aromatic carbocycles. The minimum absolute atomic E-state index is 0.0950. The molecule has 0 spiro atoms. The zero-order chi connectivity index (χ0) is 32.7. The maximum atomic E-state index is 14.2. The fraction of sp³-hybridized carbons (Fsp3) is 0.312. The maximum absolute atomic E-state index is 14.2. The van der Waals surface area contributed by atoms with Gasteiger partial charge in [-0.05, 0) is 60.9 Å². The summed E-state index contributed by atoms with van der Waals surface area (Å²) in [5.41, 5.74) is 9.02. The van der Waals surface area contributed by atoms with Crippen molar-refractivity contribution >= 4 is 67.7 Å². The smallest absolute Gasteiger partial charge is 0.332 e. The van der Waals surface area contributed by atoms with Crippen LogP contribution in [0.15, 0.2) is 60.7 Å². The standard InChI is InChI=1S/C32H32Cl2FN7O3S/c1-18(2)42(32(45)37-14-20-8-11-23(33)24(34)12-20)40-17-28(43)41-25(13-19-6-9-22(35)10-7-19)30(44)39(16-27(40)41)15-21-4-3-5-26-29(21)38-31(36)46-26/h3-12,18,25,27H,13-17H2,1-2H3,(H2,36,38)(H,37,45)/t25-,27+/m0/s1. The van der Waals surface area contributed by atoms with Crippen molar-refractivity contribution in [1.82, 2.24) is 30.1 Å². The average molecular weight is 685 g/mol. The predicted molar refractivity (Wildman–Crippen MR) is 176 cm³/mol. The molecule has 6 rings (SSSR count). The number of carbonyl (C=O) groups is 3. The van der Waals surface area contributed by atoms with Gasteiger partial charge in [0, 0.05) is 25.6 Å². The number of nitrogens with one attached hydrogen (secondary N) is 1. The number of hydrogen-bond donors (Lipinski definition) is 2. The summed E-state index contributed by atoms with van der Waals surface area (Å²) in [6, 6.07) is 15.2. The molecule has 46 heavy (non-hydrogen) atoms. The van der Waals surface area contributed by atoms with Crippen molar-refractivity contribution in [2.45, 2.75) is 51.6 Å². The number of thiazole rings is 1. The number of carbonyl (C=O) groups excluding carboxylic acids is 3. The van der Waals surface area contributed by atoms with E-state index < -0.39 is 24.1 Å². The predicted octanol–water partition coefficient (Wildman–Crippen LogP) is 5.28. The van der Waals surface area contributed by atoms with Gasteiger partial charge >= 0.3 is 6.03 Å². The Balaban J connectivity index is 1.31. The highest BCUT2D eigenvalue weighted by Gasteiger charge is 2.52. The Bertz CT molecular complexity index is 1800. The summed E-state index contributed by atoms with van der Waals surface area (Å²) in [6.07, 6.45) is -0.446. The van der Waals surface area contributed by atoms with Crippen molar-refractivity contribution in [2.75, 3.05) is 18.8 Å². The molecule has 0 aliphatic carbocycles.